The van der Waals surface area contributed by atoms with E-state index in [-0.39, 0.29) is 0 Å². The molecule has 0 aliphatic rings. The predicted octanol–water partition coefficient (Wildman–Crippen LogP) is 4.34. The summed E-state index contributed by atoms with van der Waals surface area (Å²) in [7, 11) is 0. The smallest absolute Gasteiger partial charge is 0.183 e. The fourth-order valence-electron chi connectivity index (χ4n) is 1.82. The van der Waals surface area contributed by atoms with Crippen molar-refractivity contribution in [3.05, 3.63) is 49.9 Å². The molecule has 0 saturated heterocycles. The van der Waals surface area contributed by atoms with E-state index < -0.39 is 0 Å². The maximum absolute atomic E-state index is 5.92. The average Bonchev–Trinajstić information content (AvgIpc) is 2.64. The number of aromatic amines is 1. The number of fused-ring (bicyclic) bond motifs is 1. The zero-order chi connectivity index (χ0) is 12.7. The zero-order valence-corrected chi connectivity index (χ0v) is 12.8. The highest BCUT2D eigenvalue weighted by Crippen LogP contribution is 2.21. The normalized spacial score (nSPS) is 11.0. The number of aromatic nitrogens is 3. The Morgan fingerprint density at radius 3 is 2.94 bits per heavy atom. The Hall–Kier alpha value is -0.920. The van der Waals surface area contributed by atoms with Crippen LogP contribution in [0.15, 0.2) is 36.5 Å². The first-order chi connectivity index (χ1) is 8.65. The summed E-state index contributed by atoms with van der Waals surface area (Å²) >= 11 is 13.5. The quantitative estimate of drug-likeness (QED) is 0.498. The van der Waals surface area contributed by atoms with E-state index in [1.165, 1.54) is 0 Å². The van der Waals surface area contributed by atoms with Crippen LogP contribution in [-0.2, 0) is 0 Å². The minimum atomic E-state index is 0.591. The van der Waals surface area contributed by atoms with Gasteiger partial charge in [0, 0.05) is 9.77 Å². The number of imidazole rings is 1. The summed E-state index contributed by atoms with van der Waals surface area (Å²) in [5, 5.41) is 0.591. The first-order valence-corrected chi connectivity index (χ1v) is 7.04. The zero-order valence-electron chi connectivity index (χ0n) is 9.02. The fraction of sp³-hybridized carbons (Fsp3) is 0. The Bertz CT molecular complexity index is 793. The van der Waals surface area contributed by atoms with Crippen LogP contribution >= 0.6 is 46.4 Å². The lowest BCUT2D eigenvalue weighted by molar-refractivity contribution is 1.04. The molecule has 1 aromatic carbocycles. The molecule has 0 bridgehead atoms. The summed E-state index contributed by atoms with van der Waals surface area (Å²) in [5.41, 5.74) is 2.62. The van der Waals surface area contributed by atoms with Gasteiger partial charge in [0.25, 0.3) is 0 Å². The maximum atomic E-state index is 5.92. The highest BCUT2D eigenvalue weighted by molar-refractivity contribution is 14.1. The summed E-state index contributed by atoms with van der Waals surface area (Å²) in [4.78, 5) is 7.45. The van der Waals surface area contributed by atoms with Crippen LogP contribution in [-0.4, -0.2) is 14.5 Å². The summed E-state index contributed by atoms with van der Waals surface area (Å²) < 4.78 is 3.67. The molecule has 1 N–H and O–H groups in total. The largest absolute Gasteiger partial charge is 0.329 e. The van der Waals surface area contributed by atoms with Crippen LogP contribution < -0.4 is 0 Å². The van der Waals surface area contributed by atoms with Crippen molar-refractivity contribution in [3.63, 3.8) is 0 Å². The Morgan fingerprint density at radius 2 is 2.17 bits per heavy atom. The van der Waals surface area contributed by atoms with Crippen LogP contribution in [0.2, 0.25) is 5.02 Å². The topological polar surface area (TPSA) is 33.6 Å². The van der Waals surface area contributed by atoms with Crippen LogP contribution in [0.4, 0.5) is 0 Å². The van der Waals surface area contributed by atoms with Gasteiger partial charge >= 0.3 is 0 Å². The molecule has 2 heterocycles. The van der Waals surface area contributed by atoms with E-state index in [0.29, 0.717) is 9.79 Å². The second-order valence-corrected chi connectivity index (χ2v) is 5.84. The van der Waals surface area contributed by atoms with Crippen molar-refractivity contribution >= 4 is 57.6 Å². The molecule has 0 aliphatic heterocycles. The van der Waals surface area contributed by atoms with Crippen molar-refractivity contribution in [2.45, 2.75) is 0 Å². The molecule has 3 rings (SSSR count). The lowest BCUT2D eigenvalue weighted by Crippen LogP contribution is -1.95. The van der Waals surface area contributed by atoms with Gasteiger partial charge in [0.05, 0.1) is 16.2 Å². The Balaban J connectivity index is 2.35. The van der Waals surface area contributed by atoms with Gasteiger partial charge in [-0.15, -0.1) is 0 Å². The summed E-state index contributed by atoms with van der Waals surface area (Å²) in [6.07, 6.45) is 1.62. The first-order valence-electron chi connectivity index (χ1n) is 5.17. The molecule has 3 nitrogen and oxygen atoms in total. The third kappa shape index (κ3) is 2.06. The minimum absolute atomic E-state index is 0.591. The van der Waals surface area contributed by atoms with Crippen molar-refractivity contribution in [2.24, 2.45) is 0 Å². The Kier molecular flexibility index (Phi) is 3.13. The van der Waals surface area contributed by atoms with Gasteiger partial charge in [0.2, 0.25) is 0 Å². The Morgan fingerprint density at radius 1 is 1.33 bits per heavy atom. The number of hydrogen-bond acceptors (Lipinski definition) is 2. The number of hydrogen-bond donors (Lipinski definition) is 1. The monoisotopic (exact) mass is 387 g/mol. The van der Waals surface area contributed by atoms with Crippen LogP contribution in [0.5, 0.6) is 0 Å². The van der Waals surface area contributed by atoms with E-state index in [0.717, 1.165) is 20.4 Å². The van der Waals surface area contributed by atoms with E-state index >= 15 is 0 Å². The summed E-state index contributed by atoms with van der Waals surface area (Å²) in [5.74, 6) is 0. The molecule has 0 radical (unpaired) electrons. The average molecular weight is 388 g/mol. The number of pyridine rings is 1. The van der Waals surface area contributed by atoms with Gasteiger partial charge in [-0.25, -0.2) is 4.98 Å². The standard InChI is InChI=1S/C12H7ClIN3S/c13-7-4-10-11(15-6-7)17(12(18)16-10)9-3-1-2-8(14)5-9/h1-6H,(H,16,18). The van der Waals surface area contributed by atoms with Crippen molar-refractivity contribution in [2.75, 3.05) is 0 Å². The van der Waals surface area contributed by atoms with Crippen LogP contribution in [0.3, 0.4) is 0 Å². The van der Waals surface area contributed by atoms with Gasteiger partial charge in [0.1, 0.15) is 0 Å². The van der Waals surface area contributed by atoms with Gasteiger partial charge in [-0.2, -0.15) is 0 Å². The second kappa shape index (κ2) is 4.64. The molecule has 0 amide bonds. The van der Waals surface area contributed by atoms with Gasteiger partial charge in [-0.1, -0.05) is 17.7 Å². The minimum Gasteiger partial charge on any atom is -0.329 e. The molecule has 18 heavy (non-hydrogen) atoms. The number of nitrogens with zero attached hydrogens (tertiary/aromatic N) is 2. The predicted molar refractivity (Wildman–Crippen MR) is 84.0 cm³/mol. The van der Waals surface area contributed by atoms with E-state index in [1.54, 1.807) is 6.20 Å². The van der Waals surface area contributed by atoms with Crippen molar-refractivity contribution in [3.8, 4) is 5.69 Å². The molecule has 0 unspecified atom stereocenters. The number of benzene rings is 1. The van der Waals surface area contributed by atoms with Crippen molar-refractivity contribution in [1.82, 2.24) is 14.5 Å². The van der Waals surface area contributed by atoms with E-state index in [2.05, 4.69) is 38.6 Å². The molecular formula is C12H7ClIN3S. The van der Waals surface area contributed by atoms with Gasteiger partial charge in [-0.3, -0.25) is 4.57 Å². The molecule has 90 valence electrons. The first kappa shape index (κ1) is 12.1. The van der Waals surface area contributed by atoms with Crippen LogP contribution in [0, 0.1) is 8.34 Å². The van der Waals surface area contributed by atoms with Gasteiger partial charge in [0.15, 0.2) is 10.4 Å². The fourth-order valence-corrected chi connectivity index (χ4v) is 2.81. The van der Waals surface area contributed by atoms with Crippen molar-refractivity contribution < 1.29 is 0 Å². The van der Waals surface area contributed by atoms with Crippen LogP contribution in [0.1, 0.15) is 0 Å². The molecule has 0 spiro atoms. The van der Waals surface area contributed by atoms with E-state index in [9.17, 15) is 0 Å². The number of H-pyrrole nitrogens is 1. The molecule has 3 aromatic rings. The third-order valence-corrected chi connectivity index (χ3v) is 3.72. The molecule has 0 fully saturated rings. The number of nitrogens with one attached hydrogen (secondary N) is 1. The molecule has 0 saturated carbocycles. The Labute approximate surface area is 127 Å². The molecule has 2 aromatic heterocycles. The number of rotatable bonds is 1. The van der Waals surface area contributed by atoms with Gasteiger partial charge < -0.3 is 4.98 Å². The van der Waals surface area contributed by atoms with E-state index in [1.807, 2.05) is 28.8 Å². The maximum Gasteiger partial charge on any atom is 0.183 e. The van der Waals surface area contributed by atoms with Crippen molar-refractivity contribution in [1.29, 1.82) is 0 Å². The SMILES string of the molecule is S=c1[nH]c2cc(Cl)cnc2n1-c1cccc(I)c1. The lowest BCUT2D eigenvalue weighted by Gasteiger charge is -2.04. The third-order valence-electron chi connectivity index (χ3n) is 2.56. The van der Waals surface area contributed by atoms with Crippen LogP contribution in [0.25, 0.3) is 16.9 Å². The van der Waals surface area contributed by atoms with Gasteiger partial charge in [-0.05, 0) is 59.1 Å². The lowest BCUT2D eigenvalue weighted by atomic mass is 10.3. The summed E-state index contributed by atoms with van der Waals surface area (Å²) in [6, 6.07) is 9.91. The number of halogens is 2. The highest BCUT2D eigenvalue weighted by Gasteiger charge is 2.08. The molecule has 6 heteroatoms. The second-order valence-electron chi connectivity index (χ2n) is 3.77. The summed E-state index contributed by atoms with van der Waals surface area (Å²) in [6.45, 7) is 0. The molecular weight excluding hydrogens is 381 g/mol. The molecule has 0 atom stereocenters. The van der Waals surface area contributed by atoms with E-state index in [4.69, 9.17) is 23.8 Å². The molecule has 0 aliphatic carbocycles. The highest BCUT2D eigenvalue weighted by atomic mass is 127.